The smallest absolute Gasteiger partial charge is 0.0138 e. The minimum absolute atomic E-state index is 0.470. The van der Waals surface area contributed by atoms with Crippen LogP contribution in [0.15, 0.2) is 42.5 Å². The Labute approximate surface area is 128 Å². The maximum Gasteiger partial charge on any atom is 0.0138 e. The quantitative estimate of drug-likeness (QED) is 0.849. The standard InChI is InChI=1S/C20H27N/c1-20(2)13-7-12-18(20)19(21-3)14-16-10-6-9-15-8-4-5-11-17(15)16/h4-6,8-11,18-19,21H,7,12-14H2,1-3H3. The van der Waals surface area contributed by atoms with Gasteiger partial charge in [0.05, 0.1) is 0 Å². The van der Waals surface area contributed by atoms with E-state index in [9.17, 15) is 0 Å². The van der Waals surface area contributed by atoms with Crippen molar-refractivity contribution in [2.45, 2.75) is 45.6 Å². The highest BCUT2D eigenvalue weighted by Gasteiger charge is 2.38. The summed E-state index contributed by atoms with van der Waals surface area (Å²) < 4.78 is 0. The highest BCUT2D eigenvalue weighted by Crippen LogP contribution is 2.45. The summed E-state index contributed by atoms with van der Waals surface area (Å²) in [7, 11) is 2.13. The van der Waals surface area contributed by atoms with Gasteiger partial charge in [-0.15, -0.1) is 0 Å². The molecule has 2 atom stereocenters. The molecule has 3 rings (SSSR count). The zero-order valence-electron chi connectivity index (χ0n) is 13.5. The van der Waals surface area contributed by atoms with Gasteiger partial charge in [-0.2, -0.15) is 0 Å². The molecule has 112 valence electrons. The molecule has 0 amide bonds. The molecule has 1 N–H and O–H groups in total. The lowest BCUT2D eigenvalue weighted by molar-refractivity contribution is 0.202. The van der Waals surface area contributed by atoms with Crippen LogP contribution in [0.4, 0.5) is 0 Å². The molecule has 2 aromatic carbocycles. The van der Waals surface area contributed by atoms with Gasteiger partial charge in [-0.1, -0.05) is 62.7 Å². The van der Waals surface area contributed by atoms with Crippen molar-refractivity contribution in [2.75, 3.05) is 7.05 Å². The van der Waals surface area contributed by atoms with E-state index < -0.39 is 0 Å². The molecule has 2 unspecified atom stereocenters. The summed E-state index contributed by atoms with van der Waals surface area (Å²) in [6.45, 7) is 4.89. The van der Waals surface area contributed by atoms with E-state index in [4.69, 9.17) is 0 Å². The lowest BCUT2D eigenvalue weighted by Crippen LogP contribution is -2.40. The Bertz CT molecular complexity index is 609. The van der Waals surface area contributed by atoms with Gasteiger partial charge in [0.15, 0.2) is 0 Å². The normalized spacial score (nSPS) is 22.5. The van der Waals surface area contributed by atoms with Crippen molar-refractivity contribution in [1.82, 2.24) is 5.32 Å². The molecule has 0 aromatic heterocycles. The van der Waals surface area contributed by atoms with E-state index in [0.717, 1.165) is 12.3 Å². The Hall–Kier alpha value is -1.34. The molecule has 21 heavy (non-hydrogen) atoms. The SMILES string of the molecule is CNC(Cc1cccc2ccccc12)C1CCCC1(C)C. The second-order valence-electron chi connectivity index (χ2n) is 7.22. The van der Waals surface area contributed by atoms with Crippen molar-refractivity contribution in [3.8, 4) is 0 Å². The molecule has 0 heterocycles. The largest absolute Gasteiger partial charge is 0.316 e. The molecular weight excluding hydrogens is 254 g/mol. The molecule has 1 aliphatic carbocycles. The molecule has 1 saturated carbocycles. The zero-order chi connectivity index (χ0) is 14.9. The zero-order valence-corrected chi connectivity index (χ0v) is 13.5. The summed E-state index contributed by atoms with van der Waals surface area (Å²) in [5, 5.41) is 6.38. The van der Waals surface area contributed by atoms with Crippen LogP contribution in [0, 0.1) is 11.3 Å². The van der Waals surface area contributed by atoms with Gasteiger partial charge in [0, 0.05) is 6.04 Å². The second kappa shape index (κ2) is 5.81. The van der Waals surface area contributed by atoms with Crippen LogP contribution in [0.2, 0.25) is 0 Å². The summed E-state index contributed by atoms with van der Waals surface area (Å²) in [4.78, 5) is 0. The number of hydrogen-bond acceptors (Lipinski definition) is 1. The fourth-order valence-electron chi connectivity index (χ4n) is 4.25. The molecule has 0 aliphatic heterocycles. The maximum atomic E-state index is 3.61. The maximum absolute atomic E-state index is 3.61. The second-order valence-corrected chi connectivity index (χ2v) is 7.22. The Balaban J connectivity index is 1.89. The number of fused-ring (bicyclic) bond motifs is 1. The van der Waals surface area contributed by atoms with E-state index in [-0.39, 0.29) is 0 Å². The minimum Gasteiger partial charge on any atom is -0.316 e. The molecular formula is C20H27N. The van der Waals surface area contributed by atoms with Gasteiger partial charge in [-0.25, -0.2) is 0 Å². The predicted octanol–water partition coefficient (Wildman–Crippen LogP) is 4.80. The van der Waals surface area contributed by atoms with Crippen molar-refractivity contribution >= 4 is 10.8 Å². The van der Waals surface area contributed by atoms with Crippen LogP contribution in [-0.2, 0) is 6.42 Å². The van der Waals surface area contributed by atoms with Crippen LogP contribution in [0.5, 0.6) is 0 Å². The van der Waals surface area contributed by atoms with Gasteiger partial charge in [0.2, 0.25) is 0 Å². The van der Waals surface area contributed by atoms with Gasteiger partial charge < -0.3 is 5.32 Å². The summed E-state index contributed by atoms with van der Waals surface area (Å²) in [5.74, 6) is 0.779. The number of nitrogens with one attached hydrogen (secondary N) is 1. The van der Waals surface area contributed by atoms with Crippen molar-refractivity contribution < 1.29 is 0 Å². The van der Waals surface area contributed by atoms with Crippen molar-refractivity contribution in [2.24, 2.45) is 11.3 Å². The van der Waals surface area contributed by atoms with Crippen LogP contribution in [-0.4, -0.2) is 13.1 Å². The first-order valence-corrected chi connectivity index (χ1v) is 8.26. The molecule has 0 radical (unpaired) electrons. The third-order valence-corrected chi connectivity index (χ3v) is 5.52. The number of rotatable bonds is 4. The topological polar surface area (TPSA) is 12.0 Å². The Morgan fingerprint density at radius 2 is 1.90 bits per heavy atom. The monoisotopic (exact) mass is 281 g/mol. The average molecular weight is 281 g/mol. The van der Waals surface area contributed by atoms with Crippen molar-refractivity contribution in [3.63, 3.8) is 0 Å². The Morgan fingerprint density at radius 3 is 2.62 bits per heavy atom. The highest BCUT2D eigenvalue weighted by molar-refractivity contribution is 5.85. The van der Waals surface area contributed by atoms with E-state index >= 15 is 0 Å². The third kappa shape index (κ3) is 2.85. The van der Waals surface area contributed by atoms with E-state index in [1.807, 2.05) is 0 Å². The first-order valence-electron chi connectivity index (χ1n) is 8.26. The Kier molecular flexibility index (Phi) is 4.03. The average Bonchev–Trinajstić information content (AvgIpc) is 2.84. The summed E-state index contributed by atoms with van der Waals surface area (Å²) >= 11 is 0. The molecule has 1 fully saturated rings. The molecule has 0 spiro atoms. The molecule has 1 nitrogen and oxygen atoms in total. The van der Waals surface area contributed by atoms with Gasteiger partial charge in [-0.3, -0.25) is 0 Å². The lowest BCUT2D eigenvalue weighted by Gasteiger charge is -2.34. The summed E-state index contributed by atoms with van der Waals surface area (Å²) in [5.41, 5.74) is 1.95. The minimum atomic E-state index is 0.470. The van der Waals surface area contributed by atoms with Gasteiger partial charge in [0.25, 0.3) is 0 Å². The predicted molar refractivity (Wildman–Crippen MR) is 91.6 cm³/mol. The van der Waals surface area contributed by atoms with Crippen molar-refractivity contribution in [1.29, 1.82) is 0 Å². The fraction of sp³-hybridized carbons (Fsp3) is 0.500. The van der Waals surface area contributed by atoms with Crippen molar-refractivity contribution in [3.05, 3.63) is 48.0 Å². The lowest BCUT2D eigenvalue weighted by atomic mass is 9.75. The summed E-state index contributed by atoms with van der Waals surface area (Å²) in [6.07, 6.45) is 5.24. The molecule has 2 aromatic rings. The summed E-state index contributed by atoms with van der Waals surface area (Å²) in [6, 6.07) is 16.0. The first-order chi connectivity index (χ1) is 10.1. The van der Waals surface area contributed by atoms with E-state index in [1.165, 1.54) is 35.6 Å². The van der Waals surface area contributed by atoms with Crippen LogP contribution >= 0.6 is 0 Å². The fourth-order valence-corrected chi connectivity index (χ4v) is 4.25. The van der Waals surface area contributed by atoms with Gasteiger partial charge in [0.1, 0.15) is 0 Å². The van der Waals surface area contributed by atoms with Crippen LogP contribution in [0.3, 0.4) is 0 Å². The highest BCUT2D eigenvalue weighted by atomic mass is 14.9. The number of hydrogen-bond donors (Lipinski definition) is 1. The number of likely N-dealkylation sites (N-methyl/N-ethyl adjacent to an activating group) is 1. The molecule has 1 aliphatic rings. The number of benzene rings is 2. The van der Waals surface area contributed by atoms with E-state index in [0.29, 0.717) is 11.5 Å². The van der Waals surface area contributed by atoms with E-state index in [2.05, 4.69) is 68.7 Å². The van der Waals surface area contributed by atoms with E-state index in [1.54, 1.807) is 0 Å². The van der Waals surface area contributed by atoms with Crippen LogP contribution in [0.1, 0.15) is 38.7 Å². The van der Waals surface area contributed by atoms with Crippen LogP contribution in [0.25, 0.3) is 10.8 Å². The third-order valence-electron chi connectivity index (χ3n) is 5.52. The van der Waals surface area contributed by atoms with Gasteiger partial charge in [-0.05, 0) is 54.0 Å². The van der Waals surface area contributed by atoms with Gasteiger partial charge >= 0.3 is 0 Å². The molecule has 1 heteroatoms. The first kappa shape index (κ1) is 14.6. The molecule has 0 saturated heterocycles. The molecule has 0 bridgehead atoms. The Morgan fingerprint density at radius 1 is 1.14 bits per heavy atom. The van der Waals surface area contributed by atoms with Crippen LogP contribution < -0.4 is 5.32 Å².